The molecular weight excluding hydrogens is 246 g/mol. The lowest BCUT2D eigenvalue weighted by atomic mass is 9.97. The van der Waals surface area contributed by atoms with Gasteiger partial charge >= 0.3 is 5.97 Å². The fourth-order valence-corrected chi connectivity index (χ4v) is 2.49. The van der Waals surface area contributed by atoms with Crippen LogP contribution >= 0.6 is 0 Å². The lowest BCUT2D eigenvalue weighted by Gasteiger charge is -2.30. The van der Waals surface area contributed by atoms with Gasteiger partial charge in [0.15, 0.2) is 0 Å². The number of aromatic nitrogens is 2. The van der Waals surface area contributed by atoms with Crippen LogP contribution in [0.2, 0.25) is 0 Å². The number of amides is 1. The number of carbonyl (C=O) groups excluding carboxylic acids is 1. The number of hydrogen-bond donors (Lipinski definition) is 1. The zero-order chi connectivity index (χ0) is 14.0. The molecule has 1 N–H and O–H groups in total. The molecule has 0 bridgehead atoms. The summed E-state index contributed by atoms with van der Waals surface area (Å²) in [6.45, 7) is 2.77. The first kappa shape index (κ1) is 13.6. The fraction of sp³-hybridized carbons (Fsp3) is 0.615. The molecule has 0 saturated carbocycles. The smallest absolute Gasteiger partial charge is 0.308 e. The summed E-state index contributed by atoms with van der Waals surface area (Å²) in [6, 6.07) is 0. The average Bonchev–Trinajstić information content (AvgIpc) is 2.72. The van der Waals surface area contributed by atoms with Crippen LogP contribution in [0.3, 0.4) is 0 Å². The van der Waals surface area contributed by atoms with E-state index in [9.17, 15) is 9.59 Å². The minimum absolute atomic E-state index is 0.0309. The van der Waals surface area contributed by atoms with E-state index in [-0.39, 0.29) is 5.91 Å². The van der Waals surface area contributed by atoms with E-state index < -0.39 is 11.9 Å². The van der Waals surface area contributed by atoms with Gasteiger partial charge in [0.1, 0.15) is 0 Å². The maximum atomic E-state index is 11.9. The number of nitrogens with zero attached hydrogens (tertiary/aromatic N) is 3. The van der Waals surface area contributed by atoms with Gasteiger partial charge in [-0.25, -0.2) is 0 Å². The first-order valence-corrected chi connectivity index (χ1v) is 6.53. The number of carboxylic acids is 1. The van der Waals surface area contributed by atoms with Crippen molar-refractivity contribution < 1.29 is 14.7 Å². The average molecular weight is 265 g/mol. The van der Waals surface area contributed by atoms with Gasteiger partial charge in [-0.15, -0.1) is 0 Å². The number of likely N-dealkylation sites (tertiary alicyclic amines) is 1. The van der Waals surface area contributed by atoms with Crippen molar-refractivity contribution in [2.24, 2.45) is 13.0 Å². The van der Waals surface area contributed by atoms with Crippen molar-refractivity contribution >= 4 is 11.9 Å². The number of carboxylic acid groups (broad SMARTS) is 1. The Bertz CT molecular complexity index is 495. The third-order valence-electron chi connectivity index (χ3n) is 3.54. The third-order valence-corrected chi connectivity index (χ3v) is 3.54. The molecule has 1 saturated heterocycles. The van der Waals surface area contributed by atoms with Gasteiger partial charge in [-0.1, -0.05) is 6.92 Å². The van der Waals surface area contributed by atoms with E-state index in [4.69, 9.17) is 5.11 Å². The molecule has 0 aromatic carbocycles. The van der Waals surface area contributed by atoms with Crippen molar-refractivity contribution in [3.8, 4) is 0 Å². The van der Waals surface area contributed by atoms with Crippen molar-refractivity contribution in [3.05, 3.63) is 17.5 Å². The zero-order valence-electron chi connectivity index (χ0n) is 11.3. The van der Waals surface area contributed by atoms with Crippen molar-refractivity contribution in [1.82, 2.24) is 14.7 Å². The predicted octanol–water partition coefficient (Wildman–Crippen LogP) is 0.806. The number of hydrogen-bond acceptors (Lipinski definition) is 3. The van der Waals surface area contributed by atoms with Crippen molar-refractivity contribution in [3.63, 3.8) is 0 Å². The van der Waals surface area contributed by atoms with E-state index in [2.05, 4.69) is 5.10 Å². The standard InChI is InChI=1S/C13H19N3O3/c1-3-11-10(6-15(2)14-11)8-16-7-9(13(18)19)4-5-12(16)17/h6,9H,3-5,7-8H2,1-2H3,(H,18,19). The topological polar surface area (TPSA) is 75.4 Å². The highest BCUT2D eigenvalue weighted by molar-refractivity contribution is 5.80. The van der Waals surface area contributed by atoms with Crippen LogP contribution in [0, 0.1) is 5.92 Å². The second-order valence-electron chi connectivity index (χ2n) is 4.98. The van der Waals surface area contributed by atoms with E-state index in [1.165, 1.54) is 0 Å². The van der Waals surface area contributed by atoms with Crippen LogP contribution in [0.4, 0.5) is 0 Å². The van der Waals surface area contributed by atoms with Crippen LogP contribution in [-0.2, 0) is 29.6 Å². The molecule has 1 fully saturated rings. The minimum Gasteiger partial charge on any atom is -0.481 e. The minimum atomic E-state index is -0.820. The van der Waals surface area contributed by atoms with E-state index in [0.29, 0.717) is 25.9 Å². The summed E-state index contributed by atoms with van der Waals surface area (Å²) >= 11 is 0. The summed E-state index contributed by atoms with van der Waals surface area (Å²) in [6.07, 6.45) is 3.47. The van der Waals surface area contributed by atoms with Gasteiger partial charge in [0, 0.05) is 38.3 Å². The fourth-order valence-electron chi connectivity index (χ4n) is 2.49. The SMILES string of the molecule is CCc1nn(C)cc1CN1CC(C(=O)O)CCC1=O. The molecule has 6 heteroatoms. The van der Waals surface area contributed by atoms with Gasteiger partial charge < -0.3 is 10.0 Å². The van der Waals surface area contributed by atoms with Crippen LogP contribution in [0.1, 0.15) is 31.0 Å². The molecular formula is C13H19N3O3. The molecule has 2 heterocycles. The van der Waals surface area contributed by atoms with Gasteiger partial charge in [-0.2, -0.15) is 5.10 Å². The maximum absolute atomic E-state index is 11.9. The Hall–Kier alpha value is -1.85. The molecule has 0 spiro atoms. The van der Waals surface area contributed by atoms with E-state index in [1.807, 2.05) is 20.2 Å². The molecule has 1 atom stereocenters. The van der Waals surface area contributed by atoms with Crippen LogP contribution < -0.4 is 0 Å². The molecule has 0 radical (unpaired) electrons. The zero-order valence-corrected chi connectivity index (χ0v) is 11.3. The molecule has 1 aliphatic heterocycles. The number of piperidine rings is 1. The number of aliphatic carboxylic acids is 1. The Labute approximate surface area is 112 Å². The van der Waals surface area contributed by atoms with Crippen LogP contribution in [0.5, 0.6) is 0 Å². The summed E-state index contributed by atoms with van der Waals surface area (Å²) < 4.78 is 1.73. The molecule has 1 unspecified atom stereocenters. The molecule has 1 amide bonds. The second kappa shape index (κ2) is 5.42. The number of carbonyl (C=O) groups is 2. The Morgan fingerprint density at radius 3 is 2.95 bits per heavy atom. The summed E-state index contributed by atoms with van der Waals surface area (Å²) in [5, 5.41) is 13.4. The Morgan fingerprint density at radius 2 is 2.32 bits per heavy atom. The second-order valence-corrected chi connectivity index (χ2v) is 4.98. The summed E-state index contributed by atoms with van der Waals surface area (Å²) in [5.74, 6) is -1.23. The van der Waals surface area contributed by atoms with Crippen LogP contribution in [0.25, 0.3) is 0 Å². The lowest BCUT2D eigenvalue weighted by Crippen LogP contribution is -2.42. The first-order chi connectivity index (χ1) is 9.01. The Kier molecular flexibility index (Phi) is 3.87. The van der Waals surface area contributed by atoms with E-state index >= 15 is 0 Å². The van der Waals surface area contributed by atoms with Gasteiger partial charge in [0.25, 0.3) is 0 Å². The molecule has 1 aliphatic rings. The van der Waals surface area contributed by atoms with E-state index in [0.717, 1.165) is 17.7 Å². The quantitative estimate of drug-likeness (QED) is 0.874. The summed E-state index contributed by atoms with van der Waals surface area (Å²) in [4.78, 5) is 24.5. The highest BCUT2D eigenvalue weighted by Gasteiger charge is 2.30. The molecule has 1 aromatic heterocycles. The summed E-state index contributed by atoms with van der Waals surface area (Å²) in [7, 11) is 1.85. The Balaban J connectivity index is 2.11. The van der Waals surface area contributed by atoms with Crippen molar-refractivity contribution in [2.75, 3.05) is 6.54 Å². The molecule has 104 valence electrons. The Morgan fingerprint density at radius 1 is 1.58 bits per heavy atom. The third kappa shape index (κ3) is 2.94. The van der Waals surface area contributed by atoms with Gasteiger partial charge in [0.05, 0.1) is 11.6 Å². The monoisotopic (exact) mass is 265 g/mol. The summed E-state index contributed by atoms with van der Waals surface area (Å²) in [5.41, 5.74) is 1.97. The van der Waals surface area contributed by atoms with Crippen molar-refractivity contribution in [1.29, 1.82) is 0 Å². The molecule has 2 rings (SSSR count). The largest absolute Gasteiger partial charge is 0.481 e. The van der Waals surface area contributed by atoms with Gasteiger partial charge in [-0.3, -0.25) is 14.3 Å². The molecule has 1 aromatic rings. The number of rotatable bonds is 4. The molecule has 0 aliphatic carbocycles. The van der Waals surface area contributed by atoms with E-state index in [1.54, 1.807) is 9.58 Å². The molecule has 6 nitrogen and oxygen atoms in total. The normalized spacial score (nSPS) is 19.8. The van der Waals surface area contributed by atoms with Crippen LogP contribution in [0.15, 0.2) is 6.20 Å². The molecule has 19 heavy (non-hydrogen) atoms. The van der Waals surface area contributed by atoms with Gasteiger partial charge in [-0.05, 0) is 12.8 Å². The van der Waals surface area contributed by atoms with Crippen LogP contribution in [-0.4, -0.2) is 38.2 Å². The highest BCUT2D eigenvalue weighted by Crippen LogP contribution is 2.21. The first-order valence-electron chi connectivity index (χ1n) is 6.53. The predicted molar refractivity (Wildman–Crippen MR) is 68.4 cm³/mol. The lowest BCUT2D eigenvalue weighted by molar-refractivity contribution is -0.147. The maximum Gasteiger partial charge on any atom is 0.308 e. The number of aryl methyl sites for hydroxylation is 2. The van der Waals surface area contributed by atoms with Gasteiger partial charge in [0.2, 0.25) is 5.91 Å². The highest BCUT2D eigenvalue weighted by atomic mass is 16.4. The van der Waals surface area contributed by atoms with Crippen molar-refractivity contribution in [2.45, 2.75) is 32.7 Å².